The van der Waals surface area contributed by atoms with E-state index in [1.54, 1.807) is 24.3 Å². The van der Waals surface area contributed by atoms with E-state index in [4.69, 9.17) is 27.9 Å². The lowest BCUT2D eigenvalue weighted by atomic mass is 10.2. The van der Waals surface area contributed by atoms with E-state index in [9.17, 15) is 13.2 Å². The molecule has 1 fully saturated rings. The minimum Gasteiger partial charge on any atom is -0.489 e. The first-order valence-corrected chi connectivity index (χ1v) is 12.0. The predicted molar refractivity (Wildman–Crippen MR) is 119 cm³/mol. The van der Waals surface area contributed by atoms with Crippen molar-refractivity contribution >= 4 is 44.8 Å². The summed E-state index contributed by atoms with van der Waals surface area (Å²) < 4.78 is 33.4. The van der Waals surface area contributed by atoms with Crippen LogP contribution in [0.15, 0.2) is 41.3 Å². The zero-order valence-corrected chi connectivity index (χ0v) is 19.1. The highest BCUT2D eigenvalue weighted by molar-refractivity contribution is 7.89. The zero-order valence-electron chi connectivity index (χ0n) is 16.8. The zero-order chi connectivity index (χ0) is 21.9. The summed E-state index contributed by atoms with van der Waals surface area (Å²) in [5.41, 5.74) is 0.437. The Balaban J connectivity index is 1.97. The van der Waals surface area contributed by atoms with Gasteiger partial charge in [-0.15, -0.1) is 0 Å². The van der Waals surface area contributed by atoms with Gasteiger partial charge in [0.25, 0.3) is 5.91 Å². The van der Waals surface area contributed by atoms with E-state index in [0.717, 1.165) is 19.3 Å². The number of nitrogens with zero attached hydrogens (tertiary/aromatic N) is 1. The maximum atomic E-state index is 13.1. The van der Waals surface area contributed by atoms with Gasteiger partial charge in [0.2, 0.25) is 10.0 Å². The van der Waals surface area contributed by atoms with Crippen molar-refractivity contribution in [3.63, 3.8) is 0 Å². The number of carbonyl (C=O) groups is 1. The van der Waals surface area contributed by atoms with Crippen LogP contribution >= 0.6 is 23.2 Å². The van der Waals surface area contributed by atoms with Crippen LogP contribution in [0.3, 0.4) is 0 Å². The first kappa shape index (κ1) is 22.9. The quantitative estimate of drug-likeness (QED) is 0.628. The third kappa shape index (κ3) is 5.09. The second-order valence-electron chi connectivity index (χ2n) is 7.34. The minimum atomic E-state index is -3.67. The van der Waals surface area contributed by atoms with Gasteiger partial charge >= 0.3 is 0 Å². The van der Waals surface area contributed by atoms with Crippen LogP contribution in [0.2, 0.25) is 10.0 Å². The van der Waals surface area contributed by atoms with Gasteiger partial charge in [0.1, 0.15) is 5.75 Å². The first-order chi connectivity index (χ1) is 14.2. The Hall–Kier alpha value is -1.80. The fourth-order valence-corrected chi connectivity index (χ4v) is 5.18. The Bertz CT molecular complexity index is 1040. The topological polar surface area (TPSA) is 75.7 Å². The normalized spacial score (nSPS) is 15.2. The van der Waals surface area contributed by atoms with E-state index >= 15 is 0 Å². The minimum absolute atomic E-state index is 0.105. The van der Waals surface area contributed by atoms with Gasteiger partial charge in [-0.25, -0.2) is 8.42 Å². The number of halogens is 2. The summed E-state index contributed by atoms with van der Waals surface area (Å²) in [6.45, 7) is 4.68. The molecule has 0 bridgehead atoms. The second kappa shape index (κ2) is 9.56. The SMILES string of the molecule is CC(C)Oc1ccc(S(=O)(=O)N2CCCCC2)cc1NC(=O)c1cccc(Cl)c1Cl. The van der Waals surface area contributed by atoms with E-state index in [1.165, 1.54) is 16.4 Å². The molecule has 3 rings (SSSR count). The van der Waals surface area contributed by atoms with Gasteiger partial charge in [0.15, 0.2) is 0 Å². The number of ether oxygens (including phenoxy) is 1. The molecule has 0 saturated carbocycles. The van der Waals surface area contributed by atoms with Gasteiger partial charge in [-0.1, -0.05) is 35.7 Å². The van der Waals surface area contributed by atoms with Crippen molar-refractivity contribution in [2.24, 2.45) is 0 Å². The average Bonchev–Trinajstić information content (AvgIpc) is 2.71. The molecule has 0 radical (unpaired) electrons. The Kier molecular flexibility index (Phi) is 7.29. The molecule has 2 aromatic carbocycles. The molecule has 2 aromatic rings. The van der Waals surface area contributed by atoms with Crippen molar-refractivity contribution in [3.8, 4) is 5.75 Å². The van der Waals surface area contributed by atoms with E-state index in [-0.39, 0.29) is 32.3 Å². The Morgan fingerprint density at radius 3 is 2.47 bits per heavy atom. The number of amides is 1. The average molecular weight is 471 g/mol. The molecule has 0 aromatic heterocycles. The van der Waals surface area contributed by atoms with Crippen LogP contribution in [0.4, 0.5) is 5.69 Å². The molecule has 1 saturated heterocycles. The molecule has 6 nitrogen and oxygen atoms in total. The number of hydrogen-bond acceptors (Lipinski definition) is 4. The second-order valence-corrected chi connectivity index (χ2v) is 10.1. The summed E-state index contributed by atoms with van der Waals surface area (Å²) in [6.07, 6.45) is 2.53. The third-order valence-corrected chi connectivity index (χ3v) is 7.42. The molecule has 1 heterocycles. The largest absolute Gasteiger partial charge is 0.489 e. The van der Waals surface area contributed by atoms with Gasteiger partial charge in [-0.2, -0.15) is 4.31 Å². The number of carbonyl (C=O) groups excluding carboxylic acids is 1. The summed E-state index contributed by atoms with van der Waals surface area (Å²) in [4.78, 5) is 12.9. The lowest BCUT2D eigenvalue weighted by Gasteiger charge is -2.26. The highest BCUT2D eigenvalue weighted by Crippen LogP contribution is 2.32. The molecule has 0 spiro atoms. The molecule has 1 amide bonds. The van der Waals surface area contributed by atoms with Crippen LogP contribution in [0.5, 0.6) is 5.75 Å². The molecular formula is C21H24Cl2N2O4S. The van der Waals surface area contributed by atoms with Crippen LogP contribution in [-0.4, -0.2) is 37.8 Å². The highest BCUT2D eigenvalue weighted by Gasteiger charge is 2.27. The van der Waals surface area contributed by atoms with E-state index in [2.05, 4.69) is 5.32 Å². The van der Waals surface area contributed by atoms with Crippen LogP contribution in [0.25, 0.3) is 0 Å². The Labute approximate surface area is 187 Å². The summed E-state index contributed by atoms with van der Waals surface area (Å²) in [7, 11) is -3.67. The van der Waals surface area contributed by atoms with E-state index < -0.39 is 15.9 Å². The molecule has 0 aliphatic carbocycles. The molecule has 0 unspecified atom stereocenters. The summed E-state index contributed by atoms with van der Waals surface area (Å²) in [5.74, 6) is -0.141. The Morgan fingerprint density at radius 1 is 1.10 bits per heavy atom. The molecule has 1 aliphatic heterocycles. The lowest BCUT2D eigenvalue weighted by Crippen LogP contribution is -2.35. The highest BCUT2D eigenvalue weighted by atomic mass is 35.5. The van der Waals surface area contributed by atoms with Crippen LogP contribution < -0.4 is 10.1 Å². The molecule has 0 atom stereocenters. The molecular weight excluding hydrogens is 447 g/mol. The monoisotopic (exact) mass is 470 g/mol. The number of nitrogens with one attached hydrogen (secondary N) is 1. The molecule has 30 heavy (non-hydrogen) atoms. The van der Waals surface area contributed by atoms with Crippen molar-refractivity contribution in [2.45, 2.75) is 44.1 Å². The van der Waals surface area contributed by atoms with Gasteiger partial charge < -0.3 is 10.1 Å². The van der Waals surface area contributed by atoms with Gasteiger partial charge in [0, 0.05) is 13.1 Å². The predicted octanol–water partition coefficient (Wildman–Crippen LogP) is 5.21. The summed E-state index contributed by atoms with van der Waals surface area (Å²) >= 11 is 12.2. The van der Waals surface area contributed by atoms with Crippen molar-refractivity contribution in [1.29, 1.82) is 0 Å². The number of anilines is 1. The van der Waals surface area contributed by atoms with Crippen LogP contribution in [0.1, 0.15) is 43.5 Å². The van der Waals surface area contributed by atoms with Crippen molar-refractivity contribution < 1.29 is 17.9 Å². The van der Waals surface area contributed by atoms with E-state index in [0.29, 0.717) is 18.8 Å². The van der Waals surface area contributed by atoms with Crippen molar-refractivity contribution in [3.05, 3.63) is 52.0 Å². The van der Waals surface area contributed by atoms with Crippen molar-refractivity contribution in [2.75, 3.05) is 18.4 Å². The lowest BCUT2D eigenvalue weighted by molar-refractivity contribution is 0.102. The van der Waals surface area contributed by atoms with Crippen LogP contribution in [0, 0.1) is 0 Å². The van der Waals surface area contributed by atoms with Crippen LogP contribution in [-0.2, 0) is 10.0 Å². The summed E-state index contributed by atoms with van der Waals surface area (Å²) in [5, 5.41) is 3.10. The number of rotatable bonds is 6. The van der Waals surface area contributed by atoms with Crippen molar-refractivity contribution in [1.82, 2.24) is 4.31 Å². The smallest absolute Gasteiger partial charge is 0.257 e. The first-order valence-electron chi connectivity index (χ1n) is 9.76. The molecule has 9 heteroatoms. The van der Waals surface area contributed by atoms with E-state index in [1.807, 2.05) is 13.8 Å². The fourth-order valence-electron chi connectivity index (χ4n) is 3.25. The number of hydrogen-bond donors (Lipinski definition) is 1. The maximum Gasteiger partial charge on any atom is 0.257 e. The number of benzene rings is 2. The molecule has 162 valence electrons. The standard InChI is InChI=1S/C21H24Cl2N2O4S/c1-14(2)29-19-10-9-15(30(27,28)25-11-4-3-5-12-25)13-18(19)24-21(26)16-7-6-8-17(22)20(16)23/h6-10,13-14H,3-5,11-12H2,1-2H3,(H,24,26). The fraction of sp³-hybridized carbons (Fsp3) is 0.381. The number of sulfonamides is 1. The molecule has 1 N–H and O–H groups in total. The number of piperidine rings is 1. The molecule has 1 aliphatic rings. The maximum absolute atomic E-state index is 13.1. The summed E-state index contributed by atoms with van der Waals surface area (Å²) in [6, 6.07) is 9.24. The third-order valence-electron chi connectivity index (χ3n) is 4.71. The van der Waals surface area contributed by atoms with Gasteiger partial charge in [0.05, 0.1) is 32.3 Å². The van der Waals surface area contributed by atoms with Gasteiger partial charge in [-0.05, 0) is 57.0 Å². The Morgan fingerprint density at radius 2 is 1.80 bits per heavy atom. The van der Waals surface area contributed by atoms with Gasteiger partial charge in [-0.3, -0.25) is 4.79 Å².